The monoisotopic (exact) mass is 265 g/mol. The normalized spacial score (nSPS) is 10.1. The molecule has 0 aliphatic rings. The van der Waals surface area contributed by atoms with Gasteiger partial charge in [-0.3, -0.25) is 4.98 Å². The van der Waals surface area contributed by atoms with E-state index >= 15 is 0 Å². The number of hydrogen-bond acceptors (Lipinski definition) is 3. The van der Waals surface area contributed by atoms with Crippen LogP contribution in [0.3, 0.4) is 0 Å². The van der Waals surface area contributed by atoms with E-state index in [2.05, 4.69) is 4.98 Å². The van der Waals surface area contributed by atoms with Crippen LogP contribution in [0.5, 0.6) is 0 Å². The van der Waals surface area contributed by atoms with E-state index in [0.717, 1.165) is 0 Å². The molecule has 92 valence electrons. The summed E-state index contributed by atoms with van der Waals surface area (Å²) in [5.41, 5.74) is 0.473. The maximum Gasteiger partial charge on any atom is 0.341 e. The van der Waals surface area contributed by atoms with Crippen molar-refractivity contribution in [3.8, 4) is 0 Å². The smallest absolute Gasteiger partial charge is 0.341 e. The van der Waals surface area contributed by atoms with Gasteiger partial charge in [0.25, 0.3) is 0 Å². The zero-order valence-electron chi connectivity index (χ0n) is 9.27. The van der Waals surface area contributed by atoms with Crippen LogP contribution in [0.1, 0.15) is 15.9 Å². The fourth-order valence-electron chi connectivity index (χ4n) is 1.36. The Hall–Kier alpha value is -1.94. The summed E-state index contributed by atoms with van der Waals surface area (Å²) in [6.45, 7) is -0.142. The van der Waals surface area contributed by atoms with E-state index in [1.54, 1.807) is 18.2 Å². The molecule has 2 aromatic rings. The predicted molar refractivity (Wildman–Crippen MR) is 64.8 cm³/mol. The van der Waals surface area contributed by atoms with Crippen molar-refractivity contribution in [3.05, 3.63) is 64.7 Å². The number of aromatic nitrogens is 1. The Morgan fingerprint density at radius 2 is 2.11 bits per heavy atom. The maximum absolute atomic E-state index is 13.3. The minimum absolute atomic E-state index is 0.142. The Balaban J connectivity index is 2.06. The number of carbonyl (C=O) groups excluding carboxylic acids is 1. The molecule has 0 atom stereocenters. The fourth-order valence-corrected chi connectivity index (χ4v) is 1.55. The minimum Gasteiger partial charge on any atom is -0.457 e. The second kappa shape index (κ2) is 5.60. The van der Waals surface area contributed by atoms with Gasteiger partial charge >= 0.3 is 5.97 Å². The lowest BCUT2D eigenvalue weighted by Crippen LogP contribution is -2.07. The first-order chi connectivity index (χ1) is 8.68. The van der Waals surface area contributed by atoms with E-state index in [4.69, 9.17) is 16.3 Å². The van der Waals surface area contributed by atoms with Gasteiger partial charge in [0.2, 0.25) is 0 Å². The Morgan fingerprint density at radius 3 is 2.83 bits per heavy atom. The summed E-state index contributed by atoms with van der Waals surface area (Å²) in [6, 6.07) is 7.58. The number of esters is 1. The van der Waals surface area contributed by atoms with E-state index in [9.17, 15) is 9.18 Å². The van der Waals surface area contributed by atoms with Gasteiger partial charge in [0, 0.05) is 18.0 Å². The average molecular weight is 266 g/mol. The summed E-state index contributed by atoms with van der Waals surface area (Å²) in [6.07, 6.45) is 2.78. The van der Waals surface area contributed by atoms with Crippen LogP contribution >= 0.6 is 11.6 Å². The van der Waals surface area contributed by atoms with Crippen molar-refractivity contribution < 1.29 is 13.9 Å². The highest BCUT2D eigenvalue weighted by Gasteiger charge is 2.12. The molecule has 0 spiro atoms. The van der Waals surface area contributed by atoms with Crippen molar-refractivity contribution in [1.29, 1.82) is 0 Å². The van der Waals surface area contributed by atoms with Gasteiger partial charge in [-0.05, 0) is 12.1 Å². The average Bonchev–Trinajstić information content (AvgIpc) is 2.38. The molecule has 0 saturated heterocycles. The van der Waals surface area contributed by atoms with E-state index in [1.165, 1.54) is 24.5 Å². The molecule has 0 unspecified atom stereocenters. The molecular weight excluding hydrogens is 257 g/mol. The van der Waals surface area contributed by atoms with Crippen LogP contribution in [0.4, 0.5) is 4.39 Å². The molecule has 0 bridgehead atoms. The quantitative estimate of drug-likeness (QED) is 0.800. The number of halogens is 2. The van der Waals surface area contributed by atoms with Crippen LogP contribution in [0.25, 0.3) is 0 Å². The summed E-state index contributed by atoms with van der Waals surface area (Å²) in [7, 11) is 0. The molecule has 1 aromatic heterocycles. The maximum atomic E-state index is 13.3. The second-order valence-electron chi connectivity index (χ2n) is 3.52. The molecule has 0 aliphatic carbocycles. The van der Waals surface area contributed by atoms with Gasteiger partial charge in [-0.2, -0.15) is 0 Å². The van der Waals surface area contributed by atoms with Crippen molar-refractivity contribution in [2.45, 2.75) is 6.61 Å². The Labute approximate surface area is 108 Å². The fraction of sp³-hybridized carbons (Fsp3) is 0.0769. The van der Waals surface area contributed by atoms with Gasteiger partial charge in [0.1, 0.15) is 12.4 Å². The van der Waals surface area contributed by atoms with E-state index in [-0.39, 0.29) is 17.2 Å². The summed E-state index contributed by atoms with van der Waals surface area (Å²) >= 11 is 5.82. The highest BCUT2D eigenvalue weighted by atomic mass is 35.5. The van der Waals surface area contributed by atoms with Gasteiger partial charge in [0.15, 0.2) is 0 Å². The van der Waals surface area contributed by atoms with E-state index in [0.29, 0.717) is 5.56 Å². The molecule has 3 nitrogen and oxygen atoms in total. The number of carbonyl (C=O) groups is 1. The van der Waals surface area contributed by atoms with Crippen molar-refractivity contribution >= 4 is 17.6 Å². The van der Waals surface area contributed by atoms with Gasteiger partial charge in [-0.15, -0.1) is 0 Å². The van der Waals surface area contributed by atoms with Crippen LogP contribution < -0.4 is 0 Å². The van der Waals surface area contributed by atoms with Gasteiger partial charge in [-0.1, -0.05) is 29.8 Å². The zero-order chi connectivity index (χ0) is 13.0. The number of pyridine rings is 1. The van der Waals surface area contributed by atoms with Crippen LogP contribution in [0, 0.1) is 5.82 Å². The molecule has 2 rings (SSSR count). The third-order valence-corrected chi connectivity index (χ3v) is 2.63. The van der Waals surface area contributed by atoms with E-state index < -0.39 is 11.8 Å². The highest BCUT2D eigenvalue weighted by Crippen LogP contribution is 2.16. The SMILES string of the molecule is O=C(OCc1ccccc1F)c1cnccc1Cl. The van der Waals surface area contributed by atoms with Gasteiger partial charge < -0.3 is 4.74 Å². The Kier molecular flexibility index (Phi) is 3.89. The lowest BCUT2D eigenvalue weighted by atomic mass is 10.2. The summed E-state index contributed by atoms with van der Waals surface area (Å²) in [4.78, 5) is 15.5. The van der Waals surface area contributed by atoms with Gasteiger partial charge in [-0.25, -0.2) is 9.18 Å². The molecule has 0 fully saturated rings. The van der Waals surface area contributed by atoms with E-state index in [1.807, 2.05) is 0 Å². The first kappa shape index (κ1) is 12.5. The van der Waals surface area contributed by atoms with Gasteiger partial charge in [0.05, 0.1) is 10.6 Å². The minimum atomic E-state index is -0.628. The number of ether oxygens (including phenoxy) is 1. The largest absolute Gasteiger partial charge is 0.457 e. The number of hydrogen-bond donors (Lipinski definition) is 0. The van der Waals surface area contributed by atoms with Crippen LogP contribution in [0.15, 0.2) is 42.7 Å². The zero-order valence-corrected chi connectivity index (χ0v) is 10.0. The predicted octanol–water partition coefficient (Wildman–Crippen LogP) is 3.23. The van der Waals surface area contributed by atoms with Crippen molar-refractivity contribution in [3.63, 3.8) is 0 Å². The molecule has 0 radical (unpaired) electrons. The van der Waals surface area contributed by atoms with Crippen LogP contribution in [-0.4, -0.2) is 11.0 Å². The Morgan fingerprint density at radius 1 is 1.33 bits per heavy atom. The number of nitrogens with zero attached hydrogens (tertiary/aromatic N) is 1. The lowest BCUT2D eigenvalue weighted by molar-refractivity contribution is 0.0468. The number of rotatable bonds is 3. The molecule has 5 heteroatoms. The Bertz CT molecular complexity index is 574. The third-order valence-electron chi connectivity index (χ3n) is 2.30. The number of benzene rings is 1. The molecular formula is C13H9ClFNO2. The van der Waals surface area contributed by atoms with Crippen LogP contribution in [-0.2, 0) is 11.3 Å². The molecule has 0 aliphatic heterocycles. The molecule has 0 N–H and O–H groups in total. The third kappa shape index (κ3) is 2.84. The first-order valence-corrected chi connectivity index (χ1v) is 5.56. The molecule has 1 aromatic carbocycles. The standard InChI is InChI=1S/C13H9ClFNO2/c14-11-5-6-16-7-10(11)13(17)18-8-9-3-1-2-4-12(9)15/h1-7H,8H2. The molecule has 18 heavy (non-hydrogen) atoms. The van der Waals surface area contributed by atoms with Crippen molar-refractivity contribution in [2.75, 3.05) is 0 Å². The molecule has 0 saturated carbocycles. The summed E-state index contributed by atoms with van der Waals surface area (Å²) in [5.74, 6) is -1.04. The van der Waals surface area contributed by atoms with Crippen LogP contribution in [0.2, 0.25) is 5.02 Å². The van der Waals surface area contributed by atoms with Crippen molar-refractivity contribution in [1.82, 2.24) is 4.98 Å². The highest BCUT2D eigenvalue weighted by molar-refractivity contribution is 6.33. The summed E-state index contributed by atoms with van der Waals surface area (Å²) in [5, 5.41) is 0.253. The second-order valence-corrected chi connectivity index (χ2v) is 3.93. The molecule has 1 heterocycles. The van der Waals surface area contributed by atoms with Crippen molar-refractivity contribution in [2.24, 2.45) is 0 Å². The first-order valence-electron chi connectivity index (χ1n) is 5.18. The molecule has 0 amide bonds. The lowest BCUT2D eigenvalue weighted by Gasteiger charge is -2.06. The topological polar surface area (TPSA) is 39.2 Å². The summed E-state index contributed by atoms with van der Waals surface area (Å²) < 4.78 is 18.3.